The molecule has 1 heterocycles. The van der Waals surface area contributed by atoms with Gasteiger partial charge in [-0.2, -0.15) is 0 Å². The number of nitrogens with two attached hydrogens (primary N) is 1. The number of rotatable bonds is 4. The van der Waals surface area contributed by atoms with Gasteiger partial charge in [-0.1, -0.05) is 19.1 Å². The van der Waals surface area contributed by atoms with Gasteiger partial charge in [0.25, 0.3) is 0 Å². The predicted molar refractivity (Wildman–Crippen MR) is 83.9 cm³/mol. The summed E-state index contributed by atoms with van der Waals surface area (Å²) in [5.41, 5.74) is 6.23. The van der Waals surface area contributed by atoms with E-state index in [4.69, 9.17) is 5.73 Å². The third-order valence-electron chi connectivity index (χ3n) is 3.67. The molecule has 0 aromatic heterocycles. The number of piperazine rings is 1. The highest BCUT2D eigenvalue weighted by molar-refractivity contribution is 5.87. The molecular weight excluding hydrogens is 309 g/mol. The summed E-state index contributed by atoms with van der Waals surface area (Å²) >= 11 is 0. The SMILES string of the molecule is CC(CN)C(=O)N1CCN(Cc2cccc(F)c2)C(=O)C1.Cl. The Morgan fingerprint density at radius 2 is 2.14 bits per heavy atom. The molecule has 2 amide bonds. The molecule has 2 N–H and O–H groups in total. The molecule has 0 aliphatic carbocycles. The zero-order valence-corrected chi connectivity index (χ0v) is 13.3. The van der Waals surface area contributed by atoms with E-state index in [-0.39, 0.29) is 49.0 Å². The molecular formula is C15H21ClFN3O2. The van der Waals surface area contributed by atoms with E-state index in [1.807, 2.05) is 0 Å². The first-order valence-electron chi connectivity index (χ1n) is 7.02. The maximum Gasteiger partial charge on any atom is 0.242 e. The fraction of sp³-hybridized carbons (Fsp3) is 0.467. The van der Waals surface area contributed by atoms with E-state index in [9.17, 15) is 14.0 Å². The maximum atomic E-state index is 13.1. The van der Waals surface area contributed by atoms with Gasteiger partial charge < -0.3 is 15.5 Å². The van der Waals surface area contributed by atoms with Crippen LogP contribution in [0, 0.1) is 11.7 Å². The number of nitrogens with zero attached hydrogens (tertiary/aromatic N) is 2. The first-order chi connectivity index (χ1) is 10.0. The highest BCUT2D eigenvalue weighted by Crippen LogP contribution is 2.12. The van der Waals surface area contributed by atoms with E-state index in [1.54, 1.807) is 28.9 Å². The number of carbonyl (C=O) groups is 2. The molecule has 1 saturated heterocycles. The Morgan fingerprint density at radius 3 is 2.73 bits per heavy atom. The Bertz CT molecular complexity index is 541. The maximum absolute atomic E-state index is 13.1. The summed E-state index contributed by atoms with van der Waals surface area (Å²) in [4.78, 5) is 27.3. The van der Waals surface area contributed by atoms with Crippen molar-refractivity contribution >= 4 is 24.2 Å². The van der Waals surface area contributed by atoms with Gasteiger partial charge in [0.05, 0.1) is 6.54 Å². The number of carbonyl (C=O) groups excluding carboxylic acids is 2. The van der Waals surface area contributed by atoms with Crippen molar-refractivity contribution in [2.24, 2.45) is 11.7 Å². The topological polar surface area (TPSA) is 66.6 Å². The van der Waals surface area contributed by atoms with Crippen LogP contribution in [-0.4, -0.2) is 47.8 Å². The van der Waals surface area contributed by atoms with Crippen LogP contribution in [0.4, 0.5) is 4.39 Å². The number of halogens is 2. The molecule has 7 heteroatoms. The molecule has 122 valence electrons. The second-order valence-corrected chi connectivity index (χ2v) is 5.34. The molecule has 22 heavy (non-hydrogen) atoms. The number of hydrogen-bond acceptors (Lipinski definition) is 3. The lowest BCUT2D eigenvalue weighted by atomic mass is 10.1. The van der Waals surface area contributed by atoms with Crippen LogP contribution < -0.4 is 5.73 Å². The van der Waals surface area contributed by atoms with Gasteiger partial charge in [-0.3, -0.25) is 9.59 Å². The fourth-order valence-electron chi connectivity index (χ4n) is 2.33. The highest BCUT2D eigenvalue weighted by Gasteiger charge is 2.28. The van der Waals surface area contributed by atoms with Crippen molar-refractivity contribution in [3.63, 3.8) is 0 Å². The second-order valence-electron chi connectivity index (χ2n) is 5.34. The van der Waals surface area contributed by atoms with Gasteiger partial charge in [-0.15, -0.1) is 12.4 Å². The van der Waals surface area contributed by atoms with Crippen molar-refractivity contribution in [3.8, 4) is 0 Å². The van der Waals surface area contributed by atoms with Crippen LogP contribution in [-0.2, 0) is 16.1 Å². The van der Waals surface area contributed by atoms with Gasteiger partial charge in [0.1, 0.15) is 5.82 Å². The molecule has 0 spiro atoms. The Labute approximate surface area is 135 Å². The molecule has 1 aliphatic rings. The summed E-state index contributed by atoms with van der Waals surface area (Å²) in [6.07, 6.45) is 0. The lowest BCUT2D eigenvalue weighted by Crippen LogP contribution is -2.53. The zero-order valence-electron chi connectivity index (χ0n) is 12.5. The van der Waals surface area contributed by atoms with Gasteiger partial charge in [0, 0.05) is 32.1 Å². The molecule has 0 radical (unpaired) electrons. The monoisotopic (exact) mass is 329 g/mol. The fourth-order valence-corrected chi connectivity index (χ4v) is 2.33. The molecule has 0 bridgehead atoms. The normalized spacial score (nSPS) is 16.2. The van der Waals surface area contributed by atoms with Crippen LogP contribution in [0.25, 0.3) is 0 Å². The van der Waals surface area contributed by atoms with Crippen molar-refractivity contribution in [1.29, 1.82) is 0 Å². The van der Waals surface area contributed by atoms with Crippen LogP contribution in [0.2, 0.25) is 0 Å². The minimum absolute atomic E-state index is 0. The Balaban J connectivity index is 0.00000242. The second kappa shape index (κ2) is 8.10. The molecule has 1 aliphatic heterocycles. The lowest BCUT2D eigenvalue weighted by molar-refractivity contribution is -0.147. The van der Waals surface area contributed by atoms with Crippen molar-refractivity contribution in [2.75, 3.05) is 26.2 Å². The van der Waals surface area contributed by atoms with Crippen LogP contribution >= 0.6 is 12.4 Å². The van der Waals surface area contributed by atoms with E-state index in [1.165, 1.54) is 12.1 Å². The third-order valence-corrected chi connectivity index (χ3v) is 3.67. The van der Waals surface area contributed by atoms with E-state index < -0.39 is 0 Å². The largest absolute Gasteiger partial charge is 0.335 e. The molecule has 1 atom stereocenters. The van der Waals surface area contributed by atoms with E-state index >= 15 is 0 Å². The number of hydrogen-bond donors (Lipinski definition) is 1. The van der Waals surface area contributed by atoms with E-state index in [0.717, 1.165) is 5.56 Å². The molecule has 0 saturated carbocycles. The first kappa shape index (κ1) is 18.4. The summed E-state index contributed by atoms with van der Waals surface area (Å²) in [5.74, 6) is -0.794. The molecule has 1 fully saturated rings. The quantitative estimate of drug-likeness (QED) is 0.896. The van der Waals surface area contributed by atoms with Gasteiger partial charge in [-0.25, -0.2) is 4.39 Å². The minimum Gasteiger partial charge on any atom is -0.335 e. The highest BCUT2D eigenvalue weighted by atomic mass is 35.5. The van der Waals surface area contributed by atoms with Crippen molar-refractivity contribution in [3.05, 3.63) is 35.6 Å². The van der Waals surface area contributed by atoms with Crippen LogP contribution in [0.3, 0.4) is 0 Å². The average molecular weight is 330 g/mol. The third kappa shape index (κ3) is 4.42. The molecule has 1 aromatic rings. The Hall–Kier alpha value is -1.66. The van der Waals surface area contributed by atoms with Crippen LogP contribution in [0.15, 0.2) is 24.3 Å². The van der Waals surface area contributed by atoms with Crippen molar-refractivity contribution in [2.45, 2.75) is 13.5 Å². The van der Waals surface area contributed by atoms with Gasteiger partial charge in [0.2, 0.25) is 11.8 Å². The van der Waals surface area contributed by atoms with Crippen molar-refractivity contribution < 1.29 is 14.0 Å². The summed E-state index contributed by atoms with van der Waals surface area (Å²) in [6, 6.07) is 6.19. The minimum atomic E-state index is -0.314. The van der Waals surface area contributed by atoms with E-state index in [0.29, 0.717) is 19.6 Å². The van der Waals surface area contributed by atoms with Gasteiger partial charge in [0.15, 0.2) is 0 Å². The number of benzene rings is 1. The molecule has 1 aromatic carbocycles. The first-order valence-corrected chi connectivity index (χ1v) is 7.02. The standard InChI is InChI=1S/C15H20FN3O2.ClH/c1-11(8-17)15(21)19-6-5-18(14(20)10-19)9-12-3-2-4-13(16)7-12;/h2-4,7,11H,5-6,8-10,17H2,1H3;1H. The lowest BCUT2D eigenvalue weighted by Gasteiger charge is -2.35. The predicted octanol–water partition coefficient (Wildman–Crippen LogP) is 1.01. The Kier molecular flexibility index (Phi) is 6.77. The number of amides is 2. The van der Waals surface area contributed by atoms with Gasteiger partial charge >= 0.3 is 0 Å². The summed E-state index contributed by atoms with van der Waals surface area (Å²) in [5, 5.41) is 0. The molecule has 2 rings (SSSR count). The summed E-state index contributed by atoms with van der Waals surface area (Å²) in [7, 11) is 0. The van der Waals surface area contributed by atoms with Crippen LogP contribution in [0.1, 0.15) is 12.5 Å². The Morgan fingerprint density at radius 1 is 1.41 bits per heavy atom. The molecule has 5 nitrogen and oxygen atoms in total. The zero-order chi connectivity index (χ0) is 15.4. The summed E-state index contributed by atoms with van der Waals surface area (Å²) in [6.45, 7) is 3.41. The molecule has 1 unspecified atom stereocenters. The van der Waals surface area contributed by atoms with Gasteiger partial charge in [-0.05, 0) is 17.7 Å². The smallest absolute Gasteiger partial charge is 0.242 e. The van der Waals surface area contributed by atoms with Crippen LogP contribution in [0.5, 0.6) is 0 Å². The van der Waals surface area contributed by atoms with E-state index in [2.05, 4.69) is 0 Å². The van der Waals surface area contributed by atoms with Crippen molar-refractivity contribution in [1.82, 2.24) is 9.80 Å². The average Bonchev–Trinajstić information content (AvgIpc) is 2.48. The summed E-state index contributed by atoms with van der Waals surface area (Å²) < 4.78 is 13.1.